The lowest BCUT2D eigenvalue weighted by Crippen LogP contribution is -2.37. The van der Waals surface area contributed by atoms with Crippen LogP contribution in [-0.4, -0.2) is 70.0 Å². The monoisotopic (exact) mass is 814 g/mol. The van der Waals surface area contributed by atoms with Crippen molar-refractivity contribution >= 4 is 19.8 Å². The first-order valence-electron chi connectivity index (χ1n) is 23.0. The van der Waals surface area contributed by atoms with Gasteiger partial charge in [-0.05, 0) is 44.9 Å². The second kappa shape index (κ2) is 39.0. The Balaban J connectivity index is 4.32. The van der Waals surface area contributed by atoms with Crippen molar-refractivity contribution in [3.8, 4) is 0 Å². The molecule has 2 atom stereocenters. The fourth-order valence-corrected chi connectivity index (χ4v) is 7.06. The second-order valence-electron chi connectivity index (χ2n) is 16.8. The number of hydrogen-bond acceptors (Lipinski definition) is 8. The normalized spacial score (nSPS) is 13.8. The van der Waals surface area contributed by atoms with Gasteiger partial charge in [0.2, 0.25) is 0 Å². The van der Waals surface area contributed by atoms with Crippen molar-refractivity contribution in [2.24, 2.45) is 0 Å². The van der Waals surface area contributed by atoms with Crippen LogP contribution in [0.1, 0.15) is 206 Å². The van der Waals surface area contributed by atoms with Crippen LogP contribution in [0.3, 0.4) is 0 Å². The van der Waals surface area contributed by atoms with E-state index in [0.29, 0.717) is 17.4 Å². The van der Waals surface area contributed by atoms with Crippen molar-refractivity contribution in [1.82, 2.24) is 0 Å². The summed E-state index contributed by atoms with van der Waals surface area (Å²) in [5.74, 6) is -0.842. The van der Waals surface area contributed by atoms with Crippen molar-refractivity contribution in [2.45, 2.75) is 213 Å². The van der Waals surface area contributed by atoms with Gasteiger partial charge in [-0.2, -0.15) is 0 Å². The molecule has 0 fully saturated rings. The standard InChI is InChI=1S/C46H88NO8P/c1-6-8-10-12-14-16-18-20-22-23-25-26-28-30-32-34-36-38-45(48)52-42-44(43-54-56(50,51)53-41-40-47(3,4)5)55-46(49)39-37-35-33-31-29-27-24-21-19-17-15-13-11-9-7-2/h15,17,21,24,44H,6-14,16,18-20,22-23,25-43H2,1-5H3/b17-15-,24-21-. The van der Waals surface area contributed by atoms with E-state index in [-0.39, 0.29) is 32.0 Å². The fourth-order valence-electron chi connectivity index (χ4n) is 6.33. The largest absolute Gasteiger partial charge is 0.756 e. The quantitative estimate of drug-likeness (QED) is 0.0197. The number of phosphoric acid groups is 1. The van der Waals surface area contributed by atoms with E-state index < -0.39 is 26.5 Å². The number of hydrogen-bond donors (Lipinski definition) is 0. The molecule has 0 heterocycles. The Morgan fingerprint density at radius 1 is 0.554 bits per heavy atom. The molecule has 0 spiro atoms. The summed E-state index contributed by atoms with van der Waals surface area (Å²) in [5, 5.41) is 0. The molecule has 0 rings (SSSR count). The van der Waals surface area contributed by atoms with Crippen LogP contribution in [0, 0.1) is 0 Å². The molecule has 0 aromatic rings. The molecule has 0 saturated carbocycles. The van der Waals surface area contributed by atoms with E-state index in [9.17, 15) is 19.0 Å². The Morgan fingerprint density at radius 3 is 1.45 bits per heavy atom. The second-order valence-corrected chi connectivity index (χ2v) is 18.2. The Kier molecular flexibility index (Phi) is 37.9. The zero-order valence-corrected chi connectivity index (χ0v) is 38.0. The van der Waals surface area contributed by atoms with E-state index in [2.05, 4.69) is 38.2 Å². The third-order valence-corrected chi connectivity index (χ3v) is 10.9. The minimum Gasteiger partial charge on any atom is -0.756 e. The zero-order chi connectivity index (χ0) is 41.4. The molecule has 330 valence electrons. The highest BCUT2D eigenvalue weighted by atomic mass is 31.2. The van der Waals surface area contributed by atoms with Crippen LogP contribution < -0.4 is 4.89 Å². The molecule has 0 aliphatic carbocycles. The average molecular weight is 814 g/mol. The molecule has 0 N–H and O–H groups in total. The SMILES string of the molecule is CCCCC/C=C\C/C=C\CCCCCCCC(=O)OC(COC(=O)CCCCCCCCCCCCCCCCCCC)COP(=O)([O-])OCC[N+](C)(C)C. The molecule has 10 heteroatoms. The number of esters is 2. The number of ether oxygens (including phenoxy) is 2. The third kappa shape index (κ3) is 42.1. The molecular weight excluding hydrogens is 725 g/mol. The van der Waals surface area contributed by atoms with Gasteiger partial charge in [0.15, 0.2) is 6.10 Å². The Bertz CT molecular complexity index is 1010. The molecule has 0 saturated heterocycles. The average Bonchev–Trinajstić information content (AvgIpc) is 3.15. The van der Waals surface area contributed by atoms with Crippen LogP contribution in [0.25, 0.3) is 0 Å². The number of rotatable bonds is 42. The van der Waals surface area contributed by atoms with E-state index in [4.69, 9.17) is 18.5 Å². The molecular formula is C46H88NO8P. The minimum absolute atomic E-state index is 0.0318. The van der Waals surface area contributed by atoms with Crippen molar-refractivity contribution < 1.29 is 42.1 Å². The molecule has 0 aromatic heterocycles. The summed E-state index contributed by atoms with van der Waals surface area (Å²) in [6.45, 7) is 4.21. The Labute approximate surface area is 345 Å². The lowest BCUT2D eigenvalue weighted by atomic mass is 10.0. The van der Waals surface area contributed by atoms with E-state index in [0.717, 1.165) is 57.8 Å². The first kappa shape index (κ1) is 54.5. The molecule has 0 radical (unpaired) electrons. The summed E-state index contributed by atoms with van der Waals surface area (Å²) in [5.41, 5.74) is 0. The molecule has 0 aromatic carbocycles. The summed E-state index contributed by atoms with van der Waals surface area (Å²) in [4.78, 5) is 37.6. The number of allylic oxidation sites excluding steroid dienone is 4. The molecule has 0 bridgehead atoms. The van der Waals surface area contributed by atoms with Gasteiger partial charge < -0.3 is 27.9 Å². The summed E-state index contributed by atoms with van der Waals surface area (Å²) >= 11 is 0. The van der Waals surface area contributed by atoms with Crippen molar-refractivity contribution in [3.05, 3.63) is 24.3 Å². The van der Waals surface area contributed by atoms with E-state index in [1.54, 1.807) is 0 Å². The number of likely N-dealkylation sites (N-methyl/N-ethyl adjacent to an activating group) is 1. The van der Waals surface area contributed by atoms with Gasteiger partial charge in [0, 0.05) is 12.8 Å². The van der Waals surface area contributed by atoms with Gasteiger partial charge >= 0.3 is 11.9 Å². The van der Waals surface area contributed by atoms with E-state index in [1.165, 1.54) is 116 Å². The maximum atomic E-state index is 12.7. The molecule has 0 aliphatic heterocycles. The predicted molar refractivity (Wildman–Crippen MR) is 231 cm³/mol. The summed E-state index contributed by atoms with van der Waals surface area (Å²) < 4.78 is 33.9. The first-order valence-corrected chi connectivity index (χ1v) is 24.5. The number of phosphoric ester groups is 1. The highest BCUT2D eigenvalue weighted by Crippen LogP contribution is 2.38. The van der Waals surface area contributed by atoms with Gasteiger partial charge in [-0.25, -0.2) is 0 Å². The Hall–Kier alpha value is -1.51. The molecule has 9 nitrogen and oxygen atoms in total. The zero-order valence-electron chi connectivity index (χ0n) is 37.1. The van der Waals surface area contributed by atoms with E-state index >= 15 is 0 Å². The van der Waals surface area contributed by atoms with Crippen molar-refractivity contribution in [3.63, 3.8) is 0 Å². The van der Waals surface area contributed by atoms with Crippen LogP contribution in [0.15, 0.2) is 24.3 Å². The van der Waals surface area contributed by atoms with Gasteiger partial charge in [0.05, 0.1) is 27.7 Å². The first-order chi connectivity index (χ1) is 27.0. The van der Waals surface area contributed by atoms with Gasteiger partial charge in [-0.3, -0.25) is 14.2 Å². The smallest absolute Gasteiger partial charge is 0.306 e. The summed E-state index contributed by atoms with van der Waals surface area (Å²) in [6, 6.07) is 0. The lowest BCUT2D eigenvalue weighted by molar-refractivity contribution is -0.870. The lowest BCUT2D eigenvalue weighted by Gasteiger charge is -2.28. The van der Waals surface area contributed by atoms with Crippen LogP contribution in [-0.2, 0) is 32.7 Å². The van der Waals surface area contributed by atoms with Crippen LogP contribution in [0.5, 0.6) is 0 Å². The third-order valence-electron chi connectivity index (χ3n) is 9.97. The topological polar surface area (TPSA) is 111 Å². The van der Waals surface area contributed by atoms with Gasteiger partial charge in [0.25, 0.3) is 7.82 Å². The highest BCUT2D eigenvalue weighted by Gasteiger charge is 2.21. The molecule has 0 amide bonds. The maximum absolute atomic E-state index is 12.7. The van der Waals surface area contributed by atoms with Crippen molar-refractivity contribution in [2.75, 3.05) is 47.5 Å². The molecule has 0 aliphatic rings. The Morgan fingerprint density at radius 2 is 0.964 bits per heavy atom. The van der Waals surface area contributed by atoms with E-state index in [1.807, 2.05) is 21.1 Å². The maximum Gasteiger partial charge on any atom is 0.306 e. The number of carbonyl (C=O) groups excluding carboxylic acids is 2. The number of nitrogens with zero attached hydrogens (tertiary/aromatic N) is 1. The summed E-state index contributed by atoms with van der Waals surface area (Å²) in [7, 11) is 1.16. The predicted octanol–water partition coefficient (Wildman–Crippen LogP) is 12.5. The fraction of sp³-hybridized carbons (Fsp3) is 0.870. The number of carbonyl (C=O) groups is 2. The molecule has 2 unspecified atom stereocenters. The summed E-state index contributed by atoms with van der Waals surface area (Å²) in [6.07, 6.45) is 42.0. The molecule has 56 heavy (non-hydrogen) atoms. The van der Waals surface area contributed by atoms with Gasteiger partial charge in [0.1, 0.15) is 19.8 Å². The van der Waals surface area contributed by atoms with Crippen LogP contribution in [0.2, 0.25) is 0 Å². The van der Waals surface area contributed by atoms with Gasteiger partial charge in [-0.15, -0.1) is 0 Å². The van der Waals surface area contributed by atoms with Gasteiger partial charge in [-0.1, -0.05) is 173 Å². The number of unbranched alkanes of at least 4 members (excludes halogenated alkanes) is 24. The number of quaternary nitrogens is 1. The highest BCUT2D eigenvalue weighted by molar-refractivity contribution is 7.45. The van der Waals surface area contributed by atoms with Crippen molar-refractivity contribution in [1.29, 1.82) is 0 Å². The van der Waals surface area contributed by atoms with Crippen LogP contribution in [0.4, 0.5) is 0 Å². The van der Waals surface area contributed by atoms with Crippen LogP contribution >= 0.6 is 7.82 Å². The minimum atomic E-state index is -4.63.